The smallest absolute Gasteiger partial charge is 0.222 e. The van der Waals surface area contributed by atoms with Crippen molar-refractivity contribution >= 4 is 5.91 Å². The molecule has 0 saturated carbocycles. The third kappa shape index (κ3) is 3.97. The Morgan fingerprint density at radius 2 is 2.19 bits per heavy atom. The molecule has 1 amide bonds. The van der Waals surface area contributed by atoms with Crippen LogP contribution in [-0.4, -0.2) is 37.6 Å². The van der Waals surface area contributed by atoms with Crippen molar-refractivity contribution < 1.29 is 9.53 Å². The van der Waals surface area contributed by atoms with Crippen molar-refractivity contribution in [1.82, 2.24) is 10.2 Å². The first kappa shape index (κ1) is 15.8. The number of likely N-dealkylation sites (tertiary alicyclic amines) is 1. The van der Waals surface area contributed by atoms with E-state index >= 15 is 0 Å². The number of ether oxygens (including phenoxy) is 1. The number of hydrogen-bond donors (Lipinski definition) is 1. The van der Waals surface area contributed by atoms with Gasteiger partial charge in [0.2, 0.25) is 5.91 Å². The topological polar surface area (TPSA) is 41.6 Å². The van der Waals surface area contributed by atoms with Crippen LogP contribution in [0.4, 0.5) is 0 Å². The fourth-order valence-corrected chi connectivity index (χ4v) is 2.91. The van der Waals surface area contributed by atoms with Gasteiger partial charge in [-0.2, -0.15) is 0 Å². The number of amides is 1. The number of nitrogens with zero attached hydrogens (tertiary/aromatic N) is 1. The highest BCUT2D eigenvalue weighted by atomic mass is 16.5. The summed E-state index contributed by atoms with van der Waals surface area (Å²) < 4.78 is 5.48. The first-order valence-corrected chi connectivity index (χ1v) is 7.79. The van der Waals surface area contributed by atoms with E-state index in [2.05, 4.69) is 25.2 Å². The monoisotopic (exact) mass is 290 g/mol. The van der Waals surface area contributed by atoms with Gasteiger partial charge >= 0.3 is 0 Å². The molecule has 1 aliphatic rings. The minimum absolute atomic E-state index is 0.121. The van der Waals surface area contributed by atoms with Crippen LogP contribution in [0.1, 0.15) is 38.3 Å². The van der Waals surface area contributed by atoms with Gasteiger partial charge in [0.1, 0.15) is 5.75 Å². The van der Waals surface area contributed by atoms with E-state index in [0.717, 1.165) is 30.8 Å². The van der Waals surface area contributed by atoms with Crippen LogP contribution in [0.15, 0.2) is 24.3 Å². The molecule has 0 aromatic heterocycles. The highest BCUT2D eigenvalue weighted by Crippen LogP contribution is 2.27. The first-order chi connectivity index (χ1) is 10.2. The lowest BCUT2D eigenvalue weighted by atomic mass is 10.0. The normalized spacial score (nSPS) is 19.9. The van der Waals surface area contributed by atoms with Gasteiger partial charge in [0.25, 0.3) is 0 Å². The van der Waals surface area contributed by atoms with Gasteiger partial charge in [-0.25, -0.2) is 0 Å². The molecule has 1 aromatic carbocycles. The molecule has 2 unspecified atom stereocenters. The molecule has 1 N–H and O–H groups in total. The molecule has 1 saturated heterocycles. The number of hydrogen-bond acceptors (Lipinski definition) is 3. The quantitative estimate of drug-likeness (QED) is 0.839. The maximum atomic E-state index is 12.0. The minimum Gasteiger partial charge on any atom is -0.496 e. The lowest BCUT2D eigenvalue weighted by molar-refractivity contribution is -0.128. The third-order valence-corrected chi connectivity index (χ3v) is 3.97. The Hall–Kier alpha value is -1.55. The first-order valence-electron chi connectivity index (χ1n) is 7.79. The van der Waals surface area contributed by atoms with Gasteiger partial charge in [0.15, 0.2) is 0 Å². The van der Waals surface area contributed by atoms with Gasteiger partial charge in [0.05, 0.1) is 13.2 Å². The molecule has 116 valence electrons. The largest absolute Gasteiger partial charge is 0.496 e. The molecule has 1 fully saturated rings. The summed E-state index contributed by atoms with van der Waals surface area (Å²) in [5.74, 6) is 1.61. The predicted molar refractivity (Wildman–Crippen MR) is 84.4 cm³/mol. The maximum absolute atomic E-state index is 12.0. The molecule has 2 rings (SSSR count). The second-order valence-corrected chi connectivity index (χ2v) is 5.86. The summed E-state index contributed by atoms with van der Waals surface area (Å²) in [7, 11) is 1.69. The summed E-state index contributed by atoms with van der Waals surface area (Å²) in [6.45, 7) is 6.78. The van der Waals surface area contributed by atoms with Crippen molar-refractivity contribution in [2.75, 3.05) is 26.7 Å². The Morgan fingerprint density at radius 1 is 1.43 bits per heavy atom. The van der Waals surface area contributed by atoms with E-state index in [-0.39, 0.29) is 11.9 Å². The Labute approximate surface area is 127 Å². The lowest BCUT2D eigenvalue weighted by Gasteiger charge is -2.26. The fraction of sp³-hybridized carbons (Fsp3) is 0.588. The summed E-state index contributed by atoms with van der Waals surface area (Å²) in [6.07, 6.45) is 1.74. The molecule has 0 spiro atoms. The highest BCUT2D eigenvalue weighted by molar-refractivity contribution is 5.78. The van der Waals surface area contributed by atoms with Crippen LogP contribution in [0.5, 0.6) is 5.75 Å². The summed E-state index contributed by atoms with van der Waals surface area (Å²) >= 11 is 0. The van der Waals surface area contributed by atoms with Gasteiger partial charge in [-0.05, 0) is 24.9 Å². The zero-order chi connectivity index (χ0) is 15.2. The van der Waals surface area contributed by atoms with E-state index in [1.165, 1.54) is 0 Å². The molecule has 1 aromatic rings. The maximum Gasteiger partial charge on any atom is 0.222 e. The fourth-order valence-electron chi connectivity index (χ4n) is 2.91. The van der Waals surface area contributed by atoms with Crippen molar-refractivity contribution in [3.05, 3.63) is 29.8 Å². The number of para-hydroxylation sites is 1. The Bertz CT molecular complexity index is 476. The summed E-state index contributed by atoms with van der Waals surface area (Å²) in [4.78, 5) is 14.0. The van der Waals surface area contributed by atoms with Crippen LogP contribution in [0.3, 0.4) is 0 Å². The Kier molecular flexibility index (Phi) is 5.62. The van der Waals surface area contributed by atoms with Crippen molar-refractivity contribution in [1.29, 1.82) is 0 Å². The molecule has 0 aliphatic carbocycles. The molecule has 0 bridgehead atoms. The lowest BCUT2D eigenvalue weighted by Crippen LogP contribution is -2.36. The Balaban J connectivity index is 2.16. The van der Waals surface area contributed by atoms with Gasteiger partial charge in [-0.15, -0.1) is 0 Å². The Morgan fingerprint density at radius 3 is 2.81 bits per heavy atom. The van der Waals surface area contributed by atoms with Crippen LogP contribution >= 0.6 is 0 Å². The summed E-state index contributed by atoms with van der Waals surface area (Å²) in [5, 5.41) is 3.55. The number of carbonyl (C=O) groups excluding carboxylic acids is 1. The molecular formula is C17H26N2O2. The number of carbonyl (C=O) groups is 1. The van der Waals surface area contributed by atoms with E-state index in [9.17, 15) is 4.79 Å². The van der Waals surface area contributed by atoms with Crippen molar-refractivity contribution in [2.24, 2.45) is 5.92 Å². The van der Waals surface area contributed by atoms with Crippen LogP contribution < -0.4 is 10.1 Å². The molecule has 1 aliphatic heterocycles. The van der Waals surface area contributed by atoms with Gasteiger partial charge in [-0.1, -0.05) is 32.0 Å². The zero-order valence-electron chi connectivity index (χ0n) is 13.3. The standard InChI is InChI=1S/C17H26N2O2/c1-4-9-18-15(12-19-11-13(2)10-17(19)20)14-7-5-6-8-16(14)21-3/h5-8,13,15,18H,4,9-12H2,1-3H3. The van der Waals surface area contributed by atoms with Crippen LogP contribution in [0.2, 0.25) is 0 Å². The summed E-state index contributed by atoms with van der Waals surface area (Å²) in [5.41, 5.74) is 1.13. The average Bonchev–Trinajstić information content (AvgIpc) is 2.81. The molecule has 0 radical (unpaired) electrons. The van der Waals surface area contributed by atoms with Crippen molar-refractivity contribution in [3.63, 3.8) is 0 Å². The highest BCUT2D eigenvalue weighted by Gasteiger charge is 2.29. The van der Waals surface area contributed by atoms with E-state index in [1.807, 2.05) is 23.1 Å². The van der Waals surface area contributed by atoms with Crippen molar-refractivity contribution in [2.45, 2.75) is 32.7 Å². The predicted octanol–water partition coefficient (Wildman–Crippen LogP) is 2.60. The van der Waals surface area contributed by atoms with E-state index in [0.29, 0.717) is 18.9 Å². The second kappa shape index (κ2) is 7.46. The number of methoxy groups -OCH3 is 1. The SMILES string of the molecule is CCCNC(CN1CC(C)CC1=O)c1ccccc1OC. The zero-order valence-corrected chi connectivity index (χ0v) is 13.3. The van der Waals surface area contributed by atoms with Crippen LogP contribution in [0, 0.1) is 5.92 Å². The number of rotatable bonds is 7. The van der Waals surface area contributed by atoms with Gasteiger partial charge < -0.3 is 15.0 Å². The second-order valence-electron chi connectivity index (χ2n) is 5.86. The number of benzene rings is 1. The number of nitrogens with one attached hydrogen (secondary N) is 1. The molecule has 1 heterocycles. The minimum atomic E-state index is 0.121. The van der Waals surface area contributed by atoms with Crippen molar-refractivity contribution in [3.8, 4) is 5.75 Å². The van der Waals surface area contributed by atoms with Crippen LogP contribution in [0.25, 0.3) is 0 Å². The van der Waals surface area contributed by atoms with E-state index in [1.54, 1.807) is 7.11 Å². The molecule has 21 heavy (non-hydrogen) atoms. The van der Waals surface area contributed by atoms with Gasteiger partial charge in [0, 0.05) is 25.1 Å². The molecule has 4 nitrogen and oxygen atoms in total. The third-order valence-electron chi connectivity index (χ3n) is 3.97. The molecular weight excluding hydrogens is 264 g/mol. The van der Waals surface area contributed by atoms with Gasteiger partial charge in [-0.3, -0.25) is 4.79 Å². The van der Waals surface area contributed by atoms with Crippen LogP contribution in [-0.2, 0) is 4.79 Å². The average molecular weight is 290 g/mol. The molecule has 2 atom stereocenters. The molecule has 4 heteroatoms. The van der Waals surface area contributed by atoms with E-state index < -0.39 is 0 Å². The summed E-state index contributed by atoms with van der Waals surface area (Å²) in [6, 6.07) is 8.17. The van der Waals surface area contributed by atoms with E-state index in [4.69, 9.17) is 4.74 Å².